The Hall–Kier alpha value is -2.89. The number of ether oxygens (including phenoxy) is 2. The summed E-state index contributed by atoms with van der Waals surface area (Å²) in [4.78, 5) is 19.6. The van der Waals surface area contributed by atoms with E-state index in [0.29, 0.717) is 5.88 Å². The van der Waals surface area contributed by atoms with Gasteiger partial charge in [0.1, 0.15) is 12.1 Å². The first-order valence-electron chi connectivity index (χ1n) is 8.58. The Morgan fingerprint density at radius 1 is 1.34 bits per heavy atom. The Balaban J connectivity index is 0.000000370. The summed E-state index contributed by atoms with van der Waals surface area (Å²) in [7, 11) is 5.31. The van der Waals surface area contributed by atoms with Crippen molar-refractivity contribution in [2.24, 2.45) is 7.05 Å². The van der Waals surface area contributed by atoms with Crippen molar-refractivity contribution in [2.75, 3.05) is 25.7 Å². The van der Waals surface area contributed by atoms with E-state index in [1.807, 2.05) is 30.2 Å². The molecule has 2 aromatic rings. The summed E-state index contributed by atoms with van der Waals surface area (Å²) >= 11 is 0. The van der Waals surface area contributed by atoms with Crippen LogP contribution < -0.4 is 9.64 Å². The first-order valence-corrected chi connectivity index (χ1v) is 8.58. The van der Waals surface area contributed by atoms with Crippen LogP contribution in [0.2, 0.25) is 0 Å². The van der Waals surface area contributed by atoms with Crippen LogP contribution in [0, 0.1) is 0 Å². The lowest BCUT2D eigenvalue weighted by Gasteiger charge is -2.28. The SMILES string of the molecule is COc1cc(N2CC[C@H](OC)[C@@H]2Cc2cnn(C)c2)ncn1.O=C(O)C(F)(F)F. The van der Waals surface area contributed by atoms with Gasteiger partial charge in [-0.15, -0.1) is 0 Å². The fourth-order valence-corrected chi connectivity index (χ4v) is 3.04. The summed E-state index contributed by atoms with van der Waals surface area (Å²) in [5.74, 6) is -1.31. The Morgan fingerprint density at radius 2 is 2.03 bits per heavy atom. The number of hydrogen-bond acceptors (Lipinski definition) is 7. The Labute approximate surface area is 165 Å². The molecule has 2 aromatic heterocycles. The number of rotatable bonds is 5. The number of alkyl halides is 3. The second-order valence-corrected chi connectivity index (χ2v) is 6.27. The average molecular weight is 417 g/mol. The van der Waals surface area contributed by atoms with Gasteiger partial charge in [0, 0.05) is 33.0 Å². The topological polar surface area (TPSA) is 103 Å². The molecule has 3 heterocycles. The Bertz CT molecular complexity index is 814. The monoisotopic (exact) mass is 417 g/mol. The van der Waals surface area contributed by atoms with Crippen molar-refractivity contribution in [2.45, 2.75) is 31.2 Å². The van der Waals surface area contributed by atoms with Gasteiger partial charge >= 0.3 is 12.1 Å². The fourth-order valence-electron chi connectivity index (χ4n) is 3.04. The van der Waals surface area contributed by atoms with Crippen LogP contribution in [-0.4, -0.2) is 69.9 Å². The lowest BCUT2D eigenvalue weighted by molar-refractivity contribution is -0.192. The zero-order chi connectivity index (χ0) is 21.6. The van der Waals surface area contributed by atoms with Crippen molar-refractivity contribution in [3.63, 3.8) is 0 Å². The Morgan fingerprint density at radius 3 is 2.55 bits per heavy atom. The van der Waals surface area contributed by atoms with Crippen LogP contribution in [-0.2, 0) is 23.0 Å². The largest absolute Gasteiger partial charge is 0.490 e. The van der Waals surface area contributed by atoms with Gasteiger partial charge in [0.25, 0.3) is 0 Å². The van der Waals surface area contributed by atoms with Crippen LogP contribution >= 0.6 is 0 Å². The van der Waals surface area contributed by atoms with Crippen LogP contribution in [0.1, 0.15) is 12.0 Å². The normalized spacial score (nSPS) is 18.9. The standard InChI is InChI=1S/C15H21N5O2.C2HF3O2/c1-19-9-11(8-18-19)6-12-13(21-2)4-5-20(12)14-7-15(22-3)17-10-16-14;3-2(4,5)1(6)7/h7-10,12-13H,4-6H2,1-3H3;(H,6,7)/t12-,13-;/m0./s1. The molecular weight excluding hydrogens is 395 g/mol. The molecule has 1 fully saturated rings. The van der Waals surface area contributed by atoms with Gasteiger partial charge in [0.15, 0.2) is 0 Å². The van der Waals surface area contributed by atoms with Crippen molar-refractivity contribution >= 4 is 11.8 Å². The molecule has 0 aliphatic carbocycles. The van der Waals surface area contributed by atoms with Crippen molar-refractivity contribution in [1.82, 2.24) is 19.7 Å². The lowest BCUT2D eigenvalue weighted by atomic mass is 10.0. The molecule has 160 valence electrons. The third-order valence-electron chi connectivity index (χ3n) is 4.36. The highest BCUT2D eigenvalue weighted by Gasteiger charge is 2.38. The van der Waals surface area contributed by atoms with E-state index in [-0.39, 0.29) is 12.1 Å². The van der Waals surface area contributed by atoms with Gasteiger partial charge in [-0.2, -0.15) is 18.3 Å². The molecule has 12 heteroatoms. The highest BCUT2D eigenvalue weighted by Crippen LogP contribution is 2.29. The summed E-state index contributed by atoms with van der Waals surface area (Å²) in [6, 6.07) is 2.10. The molecule has 1 saturated heterocycles. The van der Waals surface area contributed by atoms with Crippen LogP contribution in [0.15, 0.2) is 24.8 Å². The summed E-state index contributed by atoms with van der Waals surface area (Å²) in [5, 5.41) is 11.4. The summed E-state index contributed by atoms with van der Waals surface area (Å²) < 4.78 is 44.4. The molecule has 0 spiro atoms. The molecule has 0 amide bonds. The van der Waals surface area contributed by atoms with Crippen molar-refractivity contribution in [1.29, 1.82) is 0 Å². The smallest absolute Gasteiger partial charge is 0.481 e. The number of methoxy groups -OCH3 is 2. The van der Waals surface area contributed by atoms with E-state index < -0.39 is 12.1 Å². The number of aromatic nitrogens is 4. The quantitative estimate of drug-likeness (QED) is 0.784. The molecule has 9 nitrogen and oxygen atoms in total. The van der Waals surface area contributed by atoms with Crippen LogP contribution in [0.4, 0.5) is 19.0 Å². The molecule has 29 heavy (non-hydrogen) atoms. The summed E-state index contributed by atoms with van der Waals surface area (Å²) in [5.41, 5.74) is 1.20. The van der Waals surface area contributed by atoms with Gasteiger partial charge in [-0.25, -0.2) is 14.8 Å². The zero-order valence-corrected chi connectivity index (χ0v) is 16.1. The second-order valence-electron chi connectivity index (χ2n) is 6.27. The van der Waals surface area contributed by atoms with Crippen LogP contribution in [0.25, 0.3) is 0 Å². The summed E-state index contributed by atoms with van der Waals surface area (Å²) in [6.45, 7) is 0.906. The van der Waals surface area contributed by atoms with Gasteiger partial charge in [0.05, 0.1) is 25.5 Å². The highest BCUT2D eigenvalue weighted by molar-refractivity contribution is 5.73. The highest BCUT2D eigenvalue weighted by atomic mass is 19.4. The lowest BCUT2D eigenvalue weighted by Crippen LogP contribution is -2.38. The van der Waals surface area contributed by atoms with Crippen molar-refractivity contribution in [3.8, 4) is 5.88 Å². The van der Waals surface area contributed by atoms with E-state index in [1.165, 1.54) is 11.9 Å². The van der Waals surface area contributed by atoms with E-state index in [1.54, 1.807) is 14.2 Å². The van der Waals surface area contributed by atoms with E-state index in [4.69, 9.17) is 19.4 Å². The van der Waals surface area contributed by atoms with Crippen LogP contribution in [0.3, 0.4) is 0 Å². The maximum Gasteiger partial charge on any atom is 0.490 e. The van der Waals surface area contributed by atoms with E-state index in [2.05, 4.69) is 20.0 Å². The molecule has 0 bridgehead atoms. The number of carboxylic acid groups (broad SMARTS) is 1. The number of halogens is 3. The fraction of sp³-hybridized carbons (Fsp3) is 0.529. The first-order chi connectivity index (χ1) is 13.7. The summed E-state index contributed by atoms with van der Waals surface area (Å²) in [6.07, 6.45) is 2.44. The number of aliphatic carboxylic acids is 1. The third-order valence-corrected chi connectivity index (χ3v) is 4.36. The van der Waals surface area contributed by atoms with Gasteiger partial charge < -0.3 is 19.5 Å². The number of carboxylic acids is 1. The van der Waals surface area contributed by atoms with Crippen LogP contribution in [0.5, 0.6) is 5.88 Å². The molecule has 1 aliphatic rings. The number of carbonyl (C=O) groups is 1. The number of aryl methyl sites for hydroxylation is 1. The van der Waals surface area contributed by atoms with E-state index in [9.17, 15) is 13.2 Å². The zero-order valence-electron chi connectivity index (χ0n) is 16.1. The van der Waals surface area contributed by atoms with Gasteiger partial charge in [-0.1, -0.05) is 0 Å². The van der Waals surface area contributed by atoms with Crippen molar-refractivity contribution in [3.05, 3.63) is 30.4 Å². The maximum absolute atomic E-state index is 10.6. The first kappa shape index (κ1) is 22.4. The maximum atomic E-state index is 10.6. The molecule has 3 rings (SSSR count). The molecular formula is C17H22F3N5O4. The molecule has 0 radical (unpaired) electrons. The van der Waals surface area contributed by atoms with Gasteiger partial charge in [0.2, 0.25) is 5.88 Å². The minimum atomic E-state index is -5.08. The molecule has 2 atom stereocenters. The Kier molecular flexibility index (Phi) is 7.37. The number of anilines is 1. The minimum Gasteiger partial charge on any atom is -0.481 e. The van der Waals surface area contributed by atoms with Gasteiger partial charge in [-0.3, -0.25) is 4.68 Å². The average Bonchev–Trinajstić information content (AvgIpc) is 3.27. The third kappa shape index (κ3) is 6.04. The van der Waals surface area contributed by atoms with Gasteiger partial charge in [-0.05, 0) is 18.4 Å². The predicted octanol–water partition coefficient (Wildman–Crippen LogP) is 1.69. The molecule has 0 unspecified atom stereocenters. The molecule has 0 aromatic carbocycles. The predicted molar refractivity (Wildman–Crippen MR) is 95.7 cm³/mol. The minimum absolute atomic E-state index is 0.182. The molecule has 1 N–H and O–H groups in total. The van der Waals surface area contributed by atoms with Crippen molar-refractivity contribution < 1.29 is 32.5 Å². The van der Waals surface area contributed by atoms with E-state index in [0.717, 1.165) is 25.2 Å². The van der Waals surface area contributed by atoms with E-state index >= 15 is 0 Å². The second kappa shape index (κ2) is 9.54. The molecule has 1 aliphatic heterocycles. The molecule has 0 saturated carbocycles. The number of nitrogens with zero attached hydrogens (tertiary/aromatic N) is 5. The number of hydrogen-bond donors (Lipinski definition) is 1.